The van der Waals surface area contributed by atoms with Gasteiger partial charge in [0.2, 0.25) is 0 Å². The highest BCUT2D eigenvalue weighted by Crippen LogP contribution is 2.23. The molecule has 2 nitrogen and oxygen atoms in total. The van der Waals surface area contributed by atoms with E-state index in [1.807, 2.05) is 0 Å². The molecule has 0 aliphatic heterocycles. The predicted octanol–water partition coefficient (Wildman–Crippen LogP) is 2.40. The Morgan fingerprint density at radius 3 is 3.00 bits per heavy atom. The Hall–Kier alpha value is -0.380. The summed E-state index contributed by atoms with van der Waals surface area (Å²) in [4.78, 5) is 0. The third kappa shape index (κ3) is 3.30. The summed E-state index contributed by atoms with van der Waals surface area (Å²) >= 11 is 1.78. The molecule has 1 fully saturated rings. The summed E-state index contributed by atoms with van der Waals surface area (Å²) in [5, 5.41) is 8.08. The van der Waals surface area contributed by atoms with Crippen LogP contribution in [0.25, 0.3) is 0 Å². The summed E-state index contributed by atoms with van der Waals surface area (Å²) in [6.07, 6.45) is 6.51. The van der Waals surface area contributed by atoms with Crippen LogP contribution in [0.15, 0.2) is 16.8 Å². The van der Waals surface area contributed by atoms with E-state index < -0.39 is 0 Å². The summed E-state index contributed by atoms with van der Waals surface area (Å²) < 4.78 is 0. The molecule has 2 unspecified atom stereocenters. The van der Waals surface area contributed by atoms with Crippen LogP contribution in [-0.4, -0.2) is 19.1 Å². The highest BCUT2D eigenvalue weighted by molar-refractivity contribution is 7.07. The minimum atomic E-state index is 0.664. The van der Waals surface area contributed by atoms with Gasteiger partial charge in [-0.1, -0.05) is 12.8 Å². The summed E-state index contributed by atoms with van der Waals surface area (Å²) in [7, 11) is 0. The molecule has 0 saturated heterocycles. The molecule has 1 aliphatic carbocycles. The van der Waals surface area contributed by atoms with E-state index in [1.54, 1.807) is 11.3 Å². The van der Waals surface area contributed by atoms with Crippen molar-refractivity contribution in [2.75, 3.05) is 13.1 Å². The second-order valence-electron chi connectivity index (χ2n) is 4.72. The van der Waals surface area contributed by atoms with E-state index in [9.17, 15) is 0 Å². The maximum Gasteiger partial charge on any atom is 0.0107 e. The number of thiophene rings is 1. The highest BCUT2D eigenvalue weighted by Gasteiger charge is 2.22. The zero-order valence-electron chi connectivity index (χ0n) is 9.82. The Kier molecular flexibility index (Phi) is 4.82. The van der Waals surface area contributed by atoms with Crippen molar-refractivity contribution >= 4 is 11.3 Å². The molecule has 1 aliphatic rings. The van der Waals surface area contributed by atoms with Crippen molar-refractivity contribution in [3.63, 3.8) is 0 Å². The molecule has 0 radical (unpaired) electrons. The van der Waals surface area contributed by atoms with Gasteiger partial charge in [-0.25, -0.2) is 0 Å². The molecular weight excluding hydrogens is 216 g/mol. The van der Waals surface area contributed by atoms with Gasteiger partial charge in [0.25, 0.3) is 0 Å². The molecule has 1 saturated carbocycles. The third-order valence-electron chi connectivity index (χ3n) is 3.61. The molecule has 90 valence electrons. The molecular formula is C13H22N2S. The standard InChI is InChI=1S/C13H22N2S/c14-9-12-3-1-2-4-13(12)15-7-5-11-6-8-16-10-11/h6,8,10,12-13,15H,1-5,7,9,14H2. The first-order chi connectivity index (χ1) is 7.90. The van der Waals surface area contributed by atoms with Crippen molar-refractivity contribution in [2.45, 2.75) is 38.1 Å². The van der Waals surface area contributed by atoms with Gasteiger partial charge in [-0.15, -0.1) is 0 Å². The lowest BCUT2D eigenvalue weighted by molar-refractivity contribution is 0.269. The van der Waals surface area contributed by atoms with Gasteiger partial charge in [-0.2, -0.15) is 11.3 Å². The van der Waals surface area contributed by atoms with Gasteiger partial charge in [0, 0.05) is 6.04 Å². The van der Waals surface area contributed by atoms with Gasteiger partial charge >= 0.3 is 0 Å². The van der Waals surface area contributed by atoms with Crippen LogP contribution < -0.4 is 11.1 Å². The Bertz CT molecular complexity index is 284. The smallest absolute Gasteiger partial charge is 0.0107 e. The molecule has 1 heterocycles. The van der Waals surface area contributed by atoms with E-state index >= 15 is 0 Å². The molecule has 0 aromatic carbocycles. The average Bonchev–Trinajstić information content (AvgIpc) is 2.83. The quantitative estimate of drug-likeness (QED) is 0.826. The van der Waals surface area contributed by atoms with Crippen LogP contribution in [-0.2, 0) is 6.42 Å². The molecule has 1 aromatic rings. The van der Waals surface area contributed by atoms with Gasteiger partial charge < -0.3 is 11.1 Å². The SMILES string of the molecule is NCC1CCCCC1NCCc1ccsc1. The zero-order chi connectivity index (χ0) is 11.2. The largest absolute Gasteiger partial charge is 0.330 e. The van der Waals surface area contributed by atoms with Crippen molar-refractivity contribution in [3.8, 4) is 0 Å². The van der Waals surface area contributed by atoms with Gasteiger partial charge in [0.1, 0.15) is 0 Å². The monoisotopic (exact) mass is 238 g/mol. The van der Waals surface area contributed by atoms with E-state index in [0.29, 0.717) is 12.0 Å². The Balaban J connectivity index is 1.71. The first-order valence-electron chi connectivity index (χ1n) is 6.34. The van der Waals surface area contributed by atoms with Crippen molar-refractivity contribution in [2.24, 2.45) is 11.7 Å². The topological polar surface area (TPSA) is 38.0 Å². The molecule has 0 bridgehead atoms. The fourth-order valence-corrected chi connectivity index (χ4v) is 3.30. The van der Waals surface area contributed by atoms with Crippen LogP contribution >= 0.6 is 11.3 Å². The molecule has 0 spiro atoms. The van der Waals surface area contributed by atoms with E-state index in [0.717, 1.165) is 19.5 Å². The number of nitrogens with one attached hydrogen (secondary N) is 1. The lowest BCUT2D eigenvalue weighted by atomic mass is 9.84. The number of hydrogen-bond acceptors (Lipinski definition) is 3. The molecule has 2 rings (SSSR count). The van der Waals surface area contributed by atoms with E-state index in [1.165, 1.54) is 31.2 Å². The minimum Gasteiger partial charge on any atom is -0.330 e. The van der Waals surface area contributed by atoms with Gasteiger partial charge in [0.15, 0.2) is 0 Å². The first kappa shape index (κ1) is 12.1. The van der Waals surface area contributed by atoms with Crippen molar-refractivity contribution in [1.29, 1.82) is 0 Å². The lowest BCUT2D eigenvalue weighted by Gasteiger charge is -2.31. The second kappa shape index (κ2) is 6.38. The predicted molar refractivity (Wildman–Crippen MR) is 70.8 cm³/mol. The first-order valence-corrected chi connectivity index (χ1v) is 7.29. The van der Waals surface area contributed by atoms with Crippen LogP contribution in [0.3, 0.4) is 0 Å². The second-order valence-corrected chi connectivity index (χ2v) is 5.50. The normalized spacial score (nSPS) is 25.8. The Labute approximate surface area is 102 Å². The Morgan fingerprint density at radius 2 is 2.25 bits per heavy atom. The fraction of sp³-hybridized carbons (Fsp3) is 0.692. The van der Waals surface area contributed by atoms with Crippen LogP contribution in [0.4, 0.5) is 0 Å². The molecule has 3 N–H and O–H groups in total. The minimum absolute atomic E-state index is 0.664. The summed E-state index contributed by atoms with van der Waals surface area (Å²) in [6, 6.07) is 2.88. The van der Waals surface area contributed by atoms with Crippen molar-refractivity contribution < 1.29 is 0 Å². The molecule has 1 aromatic heterocycles. The van der Waals surface area contributed by atoms with Crippen LogP contribution in [0, 0.1) is 5.92 Å². The number of nitrogens with two attached hydrogens (primary N) is 1. The summed E-state index contributed by atoms with van der Waals surface area (Å²) in [5.41, 5.74) is 7.28. The van der Waals surface area contributed by atoms with Crippen molar-refractivity contribution in [3.05, 3.63) is 22.4 Å². The van der Waals surface area contributed by atoms with Gasteiger partial charge in [0.05, 0.1) is 0 Å². The summed E-state index contributed by atoms with van der Waals surface area (Å²) in [5.74, 6) is 0.705. The zero-order valence-corrected chi connectivity index (χ0v) is 10.6. The number of hydrogen-bond donors (Lipinski definition) is 2. The molecule has 2 atom stereocenters. The lowest BCUT2D eigenvalue weighted by Crippen LogP contribution is -2.42. The highest BCUT2D eigenvalue weighted by atomic mass is 32.1. The van der Waals surface area contributed by atoms with Gasteiger partial charge in [-0.05, 0) is 60.7 Å². The average molecular weight is 238 g/mol. The molecule has 0 amide bonds. The van der Waals surface area contributed by atoms with Crippen LogP contribution in [0.1, 0.15) is 31.2 Å². The Morgan fingerprint density at radius 1 is 1.38 bits per heavy atom. The third-order valence-corrected chi connectivity index (χ3v) is 4.34. The number of rotatable bonds is 5. The summed E-state index contributed by atoms with van der Waals surface area (Å²) in [6.45, 7) is 1.94. The van der Waals surface area contributed by atoms with Crippen molar-refractivity contribution in [1.82, 2.24) is 5.32 Å². The molecule has 16 heavy (non-hydrogen) atoms. The van der Waals surface area contributed by atoms with E-state index in [2.05, 4.69) is 22.1 Å². The molecule has 3 heteroatoms. The fourth-order valence-electron chi connectivity index (χ4n) is 2.60. The van der Waals surface area contributed by atoms with E-state index in [-0.39, 0.29) is 0 Å². The maximum absolute atomic E-state index is 5.82. The van der Waals surface area contributed by atoms with Crippen LogP contribution in [0.2, 0.25) is 0 Å². The van der Waals surface area contributed by atoms with E-state index in [4.69, 9.17) is 5.73 Å². The van der Waals surface area contributed by atoms with Gasteiger partial charge in [-0.3, -0.25) is 0 Å². The van der Waals surface area contributed by atoms with Crippen LogP contribution in [0.5, 0.6) is 0 Å². The maximum atomic E-state index is 5.82.